The average Bonchev–Trinajstić information content (AvgIpc) is 3.15. The largest absolute Gasteiger partial charge is 0.507 e. The van der Waals surface area contributed by atoms with Crippen molar-refractivity contribution in [3.63, 3.8) is 0 Å². The van der Waals surface area contributed by atoms with E-state index in [9.17, 15) is 14.7 Å². The number of amides is 1. The molecule has 0 bridgehead atoms. The average molecular weight is 528 g/mol. The fourth-order valence-corrected chi connectivity index (χ4v) is 5.02. The molecule has 0 aliphatic carbocycles. The lowest BCUT2D eigenvalue weighted by Gasteiger charge is -2.27. The van der Waals surface area contributed by atoms with E-state index in [4.69, 9.17) is 9.47 Å². The maximum absolute atomic E-state index is 13.5. The van der Waals surface area contributed by atoms with Gasteiger partial charge in [-0.2, -0.15) is 0 Å². The maximum atomic E-state index is 13.5. The summed E-state index contributed by atoms with van der Waals surface area (Å²) in [4.78, 5) is 28.6. The van der Waals surface area contributed by atoms with Gasteiger partial charge in [0.2, 0.25) is 0 Å². The molecule has 1 unspecified atom stereocenters. The lowest BCUT2D eigenvalue weighted by atomic mass is 9.85. The summed E-state index contributed by atoms with van der Waals surface area (Å²) in [6.07, 6.45) is 0. The van der Waals surface area contributed by atoms with E-state index in [0.29, 0.717) is 17.9 Å². The van der Waals surface area contributed by atoms with E-state index in [0.717, 1.165) is 33.6 Å². The molecule has 0 saturated carbocycles. The van der Waals surface area contributed by atoms with Gasteiger partial charge in [-0.1, -0.05) is 57.2 Å². The Morgan fingerprint density at radius 2 is 1.59 bits per heavy atom. The molecule has 1 amide bonds. The quantitative estimate of drug-likeness (QED) is 0.212. The summed E-state index contributed by atoms with van der Waals surface area (Å²) in [7, 11) is 1.59. The number of carbonyl (C=O) groups excluding carboxylic acids is 2. The number of hydrogen-bond acceptors (Lipinski definition) is 5. The number of methoxy groups -OCH3 is 1. The summed E-state index contributed by atoms with van der Waals surface area (Å²) < 4.78 is 11.0. The first kappa shape index (κ1) is 28.0. The zero-order chi connectivity index (χ0) is 28.5. The van der Waals surface area contributed by atoms with Gasteiger partial charge >= 0.3 is 0 Å². The number of aryl methyl sites for hydroxylation is 2. The first-order valence-electron chi connectivity index (χ1n) is 13.2. The Kier molecular flexibility index (Phi) is 7.86. The highest BCUT2D eigenvalue weighted by atomic mass is 16.5. The molecule has 6 heteroatoms. The van der Waals surface area contributed by atoms with Gasteiger partial charge in [0.1, 0.15) is 17.3 Å². The van der Waals surface area contributed by atoms with Crippen LogP contribution in [0.15, 0.2) is 66.2 Å². The Morgan fingerprint density at radius 3 is 2.15 bits per heavy atom. The van der Waals surface area contributed by atoms with Crippen LogP contribution in [-0.4, -0.2) is 35.4 Å². The highest BCUT2D eigenvalue weighted by Crippen LogP contribution is 2.42. The third-order valence-electron chi connectivity index (χ3n) is 7.22. The topological polar surface area (TPSA) is 76.1 Å². The van der Waals surface area contributed by atoms with E-state index in [-0.39, 0.29) is 23.3 Å². The van der Waals surface area contributed by atoms with Crippen LogP contribution in [0.5, 0.6) is 11.5 Å². The summed E-state index contributed by atoms with van der Waals surface area (Å²) in [5, 5.41) is 11.6. The number of ketones is 1. The van der Waals surface area contributed by atoms with E-state index in [1.165, 1.54) is 0 Å². The molecule has 4 rings (SSSR count). The molecule has 3 aromatic rings. The number of ether oxygens (including phenoxy) is 2. The summed E-state index contributed by atoms with van der Waals surface area (Å²) in [6, 6.07) is 18.3. The molecule has 204 valence electrons. The molecular formula is C33H37NO5. The second kappa shape index (κ2) is 11.0. The van der Waals surface area contributed by atoms with Crippen LogP contribution < -0.4 is 9.47 Å². The molecule has 6 nitrogen and oxygen atoms in total. The van der Waals surface area contributed by atoms with Crippen LogP contribution in [0.4, 0.5) is 0 Å². The van der Waals surface area contributed by atoms with Crippen LogP contribution in [0.1, 0.15) is 67.1 Å². The van der Waals surface area contributed by atoms with Gasteiger partial charge in [0.15, 0.2) is 0 Å². The van der Waals surface area contributed by atoms with Crippen molar-refractivity contribution in [3.05, 3.63) is 99.6 Å². The normalized spacial score (nSPS) is 17.0. The minimum Gasteiger partial charge on any atom is -0.507 e. The first-order chi connectivity index (χ1) is 18.5. The van der Waals surface area contributed by atoms with Crippen LogP contribution in [0.2, 0.25) is 0 Å². The van der Waals surface area contributed by atoms with Gasteiger partial charge in [-0.3, -0.25) is 9.59 Å². The molecule has 1 N–H and O–H groups in total. The van der Waals surface area contributed by atoms with E-state index in [2.05, 4.69) is 20.8 Å². The number of carbonyl (C=O) groups is 2. The Morgan fingerprint density at radius 1 is 0.949 bits per heavy atom. The zero-order valence-corrected chi connectivity index (χ0v) is 23.8. The number of aliphatic hydroxyl groups is 1. The van der Waals surface area contributed by atoms with Crippen molar-refractivity contribution < 1.29 is 24.2 Å². The lowest BCUT2D eigenvalue weighted by Crippen LogP contribution is -2.29. The Bertz CT molecular complexity index is 1410. The minimum absolute atomic E-state index is 0.0552. The molecule has 1 saturated heterocycles. The Balaban J connectivity index is 1.85. The predicted octanol–water partition coefficient (Wildman–Crippen LogP) is 6.63. The number of benzene rings is 3. The SMILES string of the molecule is CCOc1ccc(CN2C(=O)C(=O)/C(=C(/O)c3cc(C)c(OC)cc3C)C2c2ccc(C(C)(C)C)cc2)cc1. The van der Waals surface area contributed by atoms with E-state index in [1.807, 2.05) is 75.4 Å². The second-order valence-electron chi connectivity index (χ2n) is 11.0. The van der Waals surface area contributed by atoms with Crippen molar-refractivity contribution in [2.45, 2.75) is 59.5 Å². The van der Waals surface area contributed by atoms with Gasteiger partial charge in [-0.25, -0.2) is 0 Å². The van der Waals surface area contributed by atoms with Crippen molar-refractivity contribution in [2.24, 2.45) is 0 Å². The van der Waals surface area contributed by atoms with Crippen LogP contribution in [0, 0.1) is 13.8 Å². The highest BCUT2D eigenvalue weighted by Gasteiger charge is 2.46. The summed E-state index contributed by atoms with van der Waals surface area (Å²) in [5.74, 6) is -0.0950. The fraction of sp³-hybridized carbons (Fsp3) is 0.333. The summed E-state index contributed by atoms with van der Waals surface area (Å²) in [5.41, 5.74) is 4.85. The molecule has 3 aromatic carbocycles. The summed E-state index contributed by atoms with van der Waals surface area (Å²) >= 11 is 0. The number of Topliss-reactive ketones (excluding diaryl/α,β-unsaturated/α-hetero) is 1. The van der Waals surface area contributed by atoms with Crippen LogP contribution in [-0.2, 0) is 21.5 Å². The molecule has 1 aliphatic heterocycles. The number of aliphatic hydroxyl groups excluding tert-OH is 1. The first-order valence-corrected chi connectivity index (χ1v) is 13.2. The number of nitrogens with zero attached hydrogens (tertiary/aromatic N) is 1. The minimum atomic E-state index is -0.743. The molecular weight excluding hydrogens is 490 g/mol. The van der Waals surface area contributed by atoms with Crippen molar-refractivity contribution in [3.8, 4) is 11.5 Å². The van der Waals surface area contributed by atoms with Gasteiger partial charge in [-0.15, -0.1) is 0 Å². The third kappa shape index (κ3) is 5.56. The van der Waals surface area contributed by atoms with Crippen molar-refractivity contribution in [1.82, 2.24) is 4.90 Å². The lowest BCUT2D eigenvalue weighted by molar-refractivity contribution is -0.140. The predicted molar refractivity (Wildman–Crippen MR) is 153 cm³/mol. The molecule has 0 aromatic heterocycles. The van der Waals surface area contributed by atoms with Gasteiger partial charge < -0.3 is 19.5 Å². The molecule has 1 atom stereocenters. The molecule has 39 heavy (non-hydrogen) atoms. The molecule has 0 radical (unpaired) electrons. The Hall–Kier alpha value is -4.06. The maximum Gasteiger partial charge on any atom is 0.295 e. The Labute approximate surface area is 230 Å². The van der Waals surface area contributed by atoms with Crippen LogP contribution in [0.3, 0.4) is 0 Å². The molecule has 1 aliphatic rings. The third-order valence-corrected chi connectivity index (χ3v) is 7.22. The van der Waals surface area contributed by atoms with Gasteiger partial charge in [0, 0.05) is 12.1 Å². The van der Waals surface area contributed by atoms with E-state index >= 15 is 0 Å². The van der Waals surface area contributed by atoms with E-state index < -0.39 is 17.7 Å². The monoisotopic (exact) mass is 527 g/mol. The summed E-state index contributed by atoms with van der Waals surface area (Å²) in [6.45, 7) is 12.8. The van der Waals surface area contributed by atoms with E-state index in [1.54, 1.807) is 18.1 Å². The molecule has 0 spiro atoms. The van der Waals surface area contributed by atoms with Gasteiger partial charge in [-0.05, 0) is 78.3 Å². The number of rotatable bonds is 7. The number of likely N-dealkylation sites (tertiary alicyclic amines) is 1. The number of hydrogen-bond donors (Lipinski definition) is 1. The van der Waals surface area contributed by atoms with Crippen LogP contribution >= 0.6 is 0 Å². The van der Waals surface area contributed by atoms with Crippen LogP contribution in [0.25, 0.3) is 5.76 Å². The standard InChI is InChI=1S/C33H37NO5/c1-8-39-25-15-9-22(10-16-25)19-34-29(23-11-13-24(14-12-23)33(4,5)6)28(31(36)32(34)37)30(35)26-17-21(3)27(38-7)18-20(26)2/h9-18,29,35H,8,19H2,1-7H3/b30-28+. The molecule has 1 heterocycles. The van der Waals surface area contributed by atoms with Crippen molar-refractivity contribution >= 4 is 17.4 Å². The fourth-order valence-electron chi connectivity index (χ4n) is 5.02. The molecule has 1 fully saturated rings. The zero-order valence-electron chi connectivity index (χ0n) is 23.8. The van der Waals surface area contributed by atoms with Gasteiger partial charge in [0.05, 0.1) is 25.3 Å². The smallest absolute Gasteiger partial charge is 0.295 e. The van der Waals surface area contributed by atoms with Crippen molar-refractivity contribution in [1.29, 1.82) is 0 Å². The van der Waals surface area contributed by atoms with Crippen molar-refractivity contribution in [2.75, 3.05) is 13.7 Å². The second-order valence-corrected chi connectivity index (χ2v) is 11.0. The van der Waals surface area contributed by atoms with Gasteiger partial charge in [0.25, 0.3) is 11.7 Å². The highest BCUT2D eigenvalue weighted by molar-refractivity contribution is 6.46.